The summed E-state index contributed by atoms with van der Waals surface area (Å²) in [6, 6.07) is 13.5. The van der Waals surface area contributed by atoms with Gasteiger partial charge in [0.05, 0.1) is 10.6 Å². The van der Waals surface area contributed by atoms with E-state index in [1.807, 2.05) is 31.2 Å². The number of para-hydroxylation sites is 1. The molecule has 7 heteroatoms. The molecule has 0 aliphatic carbocycles. The van der Waals surface area contributed by atoms with Gasteiger partial charge in [-0.3, -0.25) is 9.10 Å². The number of hydrogen-bond acceptors (Lipinski definition) is 4. The van der Waals surface area contributed by atoms with Crippen molar-refractivity contribution in [2.24, 2.45) is 0 Å². The Hall–Kier alpha value is -2.38. The molecule has 1 aliphatic heterocycles. The molecule has 1 amide bonds. The van der Waals surface area contributed by atoms with Gasteiger partial charge in [-0.05, 0) is 55.7 Å². The summed E-state index contributed by atoms with van der Waals surface area (Å²) in [6.45, 7) is 2.99. The Morgan fingerprint density at radius 2 is 1.89 bits per heavy atom. The first-order valence-corrected chi connectivity index (χ1v) is 10.4. The minimum atomic E-state index is -3.68. The molecule has 144 valence electrons. The Labute approximate surface area is 160 Å². The number of rotatable bonds is 7. The first-order valence-electron chi connectivity index (χ1n) is 8.94. The van der Waals surface area contributed by atoms with E-state index in [-0.39, 0.29) is 16.8 Å². The highest BCUT2D eigenvalue weighted by molar-refractivity contribution is 7.92. The number of nitrogens with zero attached hydrogens (tertiary/aromatic N) is 1. The topological polar surface area (TPSA) is 75.7 Å². The standard InChI is InChI=1S/C20H24N2O4S/c1-15-14-17-6-3-4-7-19(17)22(15)27(24,25)18-10-8-16(9-11-18)20(23)21-12-5-13-26-2/h3-4,6-11,15H,5,12-14H2,1-2H3,(H,21,23). The van der Waals surface area contributed by atoms with Crippen molar-refractivity contribution in [3.05, 3.63) is 59.7 Å². The van der Waals surface area contributed by atoms with Crippen LogP contribution >= 0.6 is 0 Å². The molecule has 0 saturated carbocycles. The Kier molecular flexibility index (Phi) is 5.82. The third-order valence-corrected chi connectivity index (χ3v) is 6.57. The van der Waals surface area contributed by atoms with Gasteiger partial charge in [0.25, 0.3) is 15.9 Å². The van der Waals surface area contributed by atoms with Crippen LogP contribution in [0.2, 0.25) is 0 Å². The molecule has 3 rings (SSSR count). The molecule has 1 N–H and O–H groups in total. The number of amides is 1. The maximum Gasteiger partial charge on any atom is 0.264 e. The highest BCUT2D eigenvalue weighted by Gasteiger charge is 2.35. The molecule has 2 aromatic carbocycles. The van der Waals surface area contributed by atoms with Crippen LogP contribution in [-0.2, 0) is 21.2 Å². The zero-order chi connectivity index (χ0) is 19.4. The van der Waals surface area contributed by atoms with E-state index in [1.54, 1.807) is 19.2 Å². The fraction of sp³-hybridized carbons (Fsp3) is 0.350. The maximum atomic E-state index is 13.1. The number of benzene rings is 2. The van der Waals surface area contributed by atoms with Crippen LogP contribution in [0.3, 0.4) is 0 Å². The third-order valence-electron chi connectivity index (χ3n) is 4.63. The number of ether oxygens (including phenoxy) is 1. The van der Waals surface area contributed by atoms with E-state index < -0.39 is 10.0 Å². The second-order valence-electron chi connectivity index (χ2n) is 6.61. The fourth-order valence-corrected chi connectivity index (χ4v) is 5.01. The number of hydrogen-bond donors (Lipinski definition) is 1. The van der Waals surface area contributed by atoms with Crippen molar-refractivity contribution in [2.75, 3.05) is 24.6 Å². The smallest absolute Gasteiger partial charge is 0.264 e. The predicted molar refractivity (Wildman–Crippen MR) is 105 cm³/mol. The quantitative estimate of drug-likeness (QED) is 0.740. The van der Waals surface area contributed by atoms with Gasteiger partial charge < -0.3 is 10.1 Å². The molecule has 1 heterocycles. The van der Waals surface area contributed by atoms with Crippen LogP contribution in [0, 0.1) is 0 Å². The van der Waals surface area contributed by atoms with Crippen molar-refractivity contribution in [2.45, 2.75) is 30.7 Å². The van der Waals surface area contributed by atoms with Gasteiger partial charge in [0.2, 0.25) is 0 Å². The molecule has 1 unspecified atom stereocenters. The lowest BCUT2D eigenvalue weighted by atomic mass is 10.1. The largest absolute Gasteiger partial charge is 0.385 e. The van der Waals surface area contributed by atoms with Crippen LogP contribution in [-0.4, -0.2) is 40.6 Å². The van der Waals surface area contributed by atoms with Gasteiger partial charge in [-0.15, -0.1) is 0 Å². The summed E-state index contributed by atoms with van der Waals surface area (Å²) < 4.78 is 32.7. The lowest BCUT2D eigenvalue weighted by Crippen LogP contribution is -2.35. The molecule has 0 aromatic heterocycles. The van der Waals surface area contributed by atoms with E-state index in [0.717, 1.165) is 17.7 Å². The predicted octanol–water partition coefficient (Wildman–Crippen LogP) is 2.59. The van der Waals surface area contributed by atoms with Crippen LogP contribution in [0.5, 0.6) is 0 Å². The van der Waals surface area contributed by atoms with Gasteiger partial charge in [-0.1, -0.05) is 18.2 Å². The molecule has 1 aliphatic rings. The third kappa shape index (κ3) is 3.99. The number of fused-ring (bicyclic) bond motifs is 1. The van der Waals surface area contributed by atoms with Crippen LogP contribution in [0.15, 0.2) is 53.4 Å². The summed E-state index contributed by atoms with van der Waals surface area (Å²) in [5.74, 6) is -0.227. The van der Waals surface area contributed by atoms with Crippen molar-refractivity contribution >= 4 is 21.6 Å². The van der Waals surface area contributed by atoms with Crippen molar-refractivity contribution < 1.29 is 17.9 Å². The summed E-state index contributed by atoms with van der Waals surface area (Å²) in [5.41, 5.74) is 2.19. The highest BCUT2D eigenvalue weighted by Crippen LogP contribution is 2.36. The Morgan fingerprint density at radius 3 is 2.59 bits per heavy atom. The summed E-state index contributed by atoms with van der Waals surface area (Å²) >= 11 is 0. The fourth-order valence-electron chi connectivity index (χ4n) is 3.32. The van der Waals surface area contributed by atoms with Crippen molar-refractivity contribution in [1.82, 2.24) is 5.32 Å². The number of anilines is 1. The molecule has 6 nitrogen and oxygen atoms in total. The van der Waals surface area contributed by atoms with E-state index in [2.05, 4.69) is 5.32 Å². The van der Waals surface area contributed by atoms with E-state index in [0.29, 0.717) is 25.1 Å². The van der Waals surface area contributed by atoms with Gasteiger partial charge in [0.15, 0.2) is 0 Å². The molecule has 0 bridgehead atoms. The Bertz CT molecular complexity index is 910. The van der Waals surface area contributed by atoms with Crippen LogP contribution in [0.4, 0.5) is 5.69 Å². The average Bonchev–Trinajstić information content (AvgIpc) is 3.01. The lowest BCUT2D eigenvalue weighted by molar-refractivity contribution is 0.0948. The Morgan fingerprint density at radius 1 is 1.19 bits per heavy atom. The molecule has 1 atom stereocenters. The van der Waals surface area contributed by atoms with E-state index in [1.165, 1.54) is 16.4 Å². The first kappa shape index (κ1) is 19.4. The second-order valence-corrected chi connectivity index (χ2v) is 8.42. The maximum absolute atomic E-state index is 13.1. The molecular formula is C20H24N2O4S. The van der Waals surface area contributed by atoms with Crippen LogP contribution in [0.25, 0.3) is 0 Å². The molecule has 0 spiro atoms. The minimum absolute atomic E-state index is 0.142. The molecule has 27 heavy (non-hydrogen) atoms. The van der Waals surface area contributed by atoms with Gasteiger partial charge in [0, 0.05) is 31.9 Å². The van der Waals surface area contributed by atoms with Crippen LogP contribution in [0.1, 0.15) is 29.3 Å². The van der Waals surface area contributed by atoms with E-state index >= 15 is 0 Å². The zero-order valence-corrected chi connectivity index (χ0v) is 16.3. The number of carbonyl (C=O) groups excluding carboxylic acids is 1. The number of carbonyl (C=O) groups is 1. The molecular weight excluding hydrogens is 364 g/mol. The molecule has 2 aromatic rings. The minimum Gasteiger partial charge on any atom is -0.385 e. The zero-order valence-electron chi connectivity index (χ0n) is 15.5. The summed E-state index contributed by atoms with van der Waals surface area (Å²) in [5, 5.41) is 2.79. The van der Waals surface area contributed by atoms with Crippen molar-refractivity contribution in [3.8, 4) is 0 Å². The van der Waals surface area contributed by atoms with Gasteiger partial charge in [-0.25, -0.2) is 8.42 Å². The highest BCUT2D eigenvalue weighted by atomic mass is 32.2. The molecule has 0 fully saturated rings. The molecule has 0 radical (unpaired) electrons. The first-order chi connectivity index (χ1) is 12.9. The normalized spacial score (nSPS) is 16.2. The summed E-state index contributed by atoms with van der Waals surface area (Å²) in [7, 11) is -2.07. The van der Waals surface area contributed by atoms with E-state index in [9.17, 15) is 13.2 Å². The SMILES string of the molecule is COCCCNC(=O)c1ccc(S(=O)(=O)N2c3ccccc3CC2C)cc1. The van der Waals surface area contributed by atoms with Crippen molar-refractivity contribution in [3.63, 3.8) is 0 Å². The lowest BCUT2D eigenvalue weighted by Gasteiger charge is -2.24. The monoisotopic (exact) mass is 388 g/mol. The van der Waals surface area contributed by atoms with E-state index in [4.69, 9.17) is 4.74 Å². The number of methoxy groups -OCH3 is 1. The van der Waals surface area contributed by atoms with Gasteiger partial charge in [0.1, 0.15) is 0 Å². The van der Waals surface area contributed by atoms with Crippen molar-refractivity contribution in [1.29, 1.82) is 0 Å². The van der Waals surface area contributed by atoms with Gasteiger partial charge in [-0.2, -0.15) is 0 Å². The summed E-state index contributed by atoms with van der Waals surface area (Å²) in [6.07, 6.45) is 1.42. The summed E-state index contributed by atoms with van der Waals surface area (Å²) in [4.78, 5) is 12.3. The Balaban J connectivity index is 1.77. The molecule has 0 saturated heterocycles. The van der Waals surface area contributed by atoms with Gasteiger partial charge >= 0.3 is 0 Å². The second kappa shape index (κ2) is 8.10. The van der Waals surface area contributed by atoms with Crippen LogP contribution < -0.4 is 9.62 Å². The average molecular weight is 388 g/mol. The number of nitrogens with one attached hydrogen (secondary N) is 1. The number of sulfonamides is 1.